The zero-order chi connectivity index (χ0) is 10.1. The summed E-state index contributed by atoms with van der Waals surface area (Å²) in [4.78, 5) is 13.2. The molecule has 0 saturated carbocycles. The molecule has 0 bridgehead atoms. The maximum absolute atomic E-state index is 11.5. The molecular formula is C11H14N2O. The molecule has 2 rings (SSSR count). The van der Waals surface area contributed by atoms with Gasteiger partial charge in [0, 0.05) is 25.7 Å². The lowest BCUT2D eigenvalue weighted by molar-refractivity contribution is -0.118. The first-order valence-electron chi connectivity index (χ1n) is 4.81. The molecule has 0 spiro atoms. The van der Waals surface area contributed by atoms with Crippen LogP contribution in [0.25, 0.3) is 0 Å². The molecule has 0 saturated heterocycles. The molecule has 1 amide bonds. The number of carbonyl (C=O) groups is 1. The van der Waals surface area contributed by atoms with Crippen molar-refractivity contribution in [2.75, 3.05) is 11.9 Å². The first kappa shape index (κ1) is 9.21. The monoisotopic (exact) mass is 190 g/mol. The molecule has 1 aromatic carbocycles. The average molecular weight is 190 g/mol. The predicted octanol–water partition coefficient (Wildman–Crippen LogP) is 1.05. The maximum atomic E-state index is 11.5. The molecular weight excluding hydrogens is 176 g/mol. The molecule has 0 unspecified atom stereocenters. The van der Waals surface area contributed by atoms with E-state index in [4.69, 9.17) is 5.73 Å². The number of fused-ring (bicyclic) bond motifs is 1. The lowest BCUT2D eigenvalue weighted by Gasteiger charge is -2.26. The van der Waals surface area contributed by atoms with Crippen LogP contribution in [0.15, 0.2) is 18.2 Å². The van der Waals surface area contributed by atoms with Gasteiger partial charge in [-0.1, -0.05) is 12.1 Å². The van der Waals surface area contributed by atoms with E-state index in [1.807, 2.05) is 19.2 Å². The highest BCUT2D eigenvalue weighted by atomic mass is 16.2. The van der Waals surface area contributed by atoms with E-state index in [-0.39, 0.29) is 5.91 Å². The zero-order valence-electron chi connectivity index (χ0n) is 8.29. The summed E-state index contributed by atoms with van der Waals surface area (Å²) in [5, 5.41) is 0. The van der Waals surface area contributed by atoms with Gasteiger partial charge in [-0.3, -0.25) is 4.79 Å². The summed E-state index contributed by atoms with van der Waals surface area (Å²) in [5.41, 5.74) is 8.89. The first-order valence-corrected chi connectivity index (χ1v) is 4.81. The van der Waals surface area contributed by atoms with Crippen LogP contribution in [0.1, 0.15) is 17.5 Å². The molecule has 2 N–H and O–H groups in total. The number of aryl methyl sites for hydroxylation is 1. The van der Waals surface area contributed by atoms with Gasteiger partial charge < -0.3 is 10.6 Å². The van der Waals surface area contributed by atoms with Gasteiger partial charge in [-0.25, -0.2) is 0 Å². The van der Waals surface area contributed by atoms with Gasteiger partial charge in [-0.05, 0) is 23.6 Å². The molecule has 0 fully saturated rings. The van der Waals surface area contributed by atoms with Crippen molar-refractivity contribution in [3.05, 3.63) is 29.3 Å². The fourth-order valence-corrected chi connectivity index (χ4v) is 1.80. The molecule has 1 aromatic rings. The maximum Gasteiger partial charge on any atom is 0.227 e. The van der Waals surface area contributed by atoms with Crippen LogP contribution < -0.4 is 10.6 Å². The number of hydrogen-bond donors (Lipinski definition) is 1. The summed E-state index contributed by atoms with van der Waals surface area (Å²) >= 11 is 0. The van der Waals surface area contributed by atoms with E-state index in [2.05, 4.69) is 6.07 Å². The van der Waals surface area contributed by atoms with E-state index >= 15 is 0 Å². The Morgan fingerprint density at radius 3 is 2.93 bits per heavy atom. The minimum atomic E-state index is 0.187. The summed E-state index contributed by atoms with van der Waals surface area (Å²) in [7, 11) is 1.82. The van der Waals surface area contributed by atoms with E-state index in [0.717, 1.165) is 17.7 Å². The minimum Gasteiger partial charge on any atom is -0.326 e. The van der Waals surface area contributed by atoms with Gasteiger partial charge in [0.05, 0.1) is 0 Å². The number of amides is 1. The summed E-state index contributed by atoms with van der Waals surface area (Å²) in [6, 6.07) is 6.11. The smallest absolute Gasteiger partial charge is 0.227 e. The normalized spacial score (nSPS) is 15.6. The van der Waals surface area contributed by atoms with Crippen molar-refractivity contribution in [2.45, 2.75) is 19.4 Å². The van der Waals surface area contributed by atoms with E-state index in [9.17, 15) is 4.79 Å². The van der Waals surface area contributed by atoms with Crippen LogP contribution in [-0.4, -0.2) is 13.0 Å². The van der Waals surface area contributed by atoms with Gasteiger partial charge in [0.15, 0.2) is 0 Å². The van der Waals surface area contributed by atoms with Gasteiger partial charge in [0.25, 0.3) is 0 Å². The Labute approximate surface area is 83.5 Å². The summed E-state index contributed by atoms with van der Waals surface area (Å²) < 4.78 is 0. The Balaban J connectivity index is 2.46. The van der Waals surface area contributed by atoms with Crippen LogP contribution >= 0.6 is 0 Å². The molecule has 1 aliphatic heterocycles. The predicted molar refractivity (Wildman–Crippen MR) is 56.1 cm³/mol. The van der Waals surface area contributed by atoms with Crippen LogP contribution in [0.5, 0.6) is 0 Å². The largest absolute Gasteiger partial charge is 0.326 e. The van der Waals surface area contributed by atoms with Crippen molar-refractivity contribution in [3.63, 3.8) is 0 Å². The third kappa shape index (κ3) is 1.40. The molecule has 0 atom stereocenters. The molecule has 0 aliphatic carbocycles. The second kappa shape index (κ2) is 3.42. The minimum absolute atomic E-state index is 0.187. The number of benzene rings is 1. The fourth-order valence-electron chi connectivity index (χ4n) is 1.80. The van der Waals surface area contributed by atoms with E-state index in [1.165, 1.54) is 5.56 Å². The van der Waals surface area contributed by atoms with E-state index in [1.54, 1.807) is 4.90 Å². The highest BCUT2D eigenvalue weighted by Gasteiger charge is 2.20. The number of carbonyl (C=O) groups excluding carboxylic acids is 1. The first-order chi connectivity index (χ1) is 6.72. The van der Waals surface area contributed by atoms with Crippen molar-refractivity contribution in [2.24, 2.45) is 5.73 Å². The van der Waals surface area contributed by atoms with E-state index < -0.39 is 0 Å². The second-order valence-corrected chi connectivity index (χ2v) is 3.62. The van der Waals surface area contributed by atoms with Crippen LogP contribution in [0.2, 0.25) is 0 Å². The lowest BCUT2D eigenvalue weighted by Crippen LogP contribution is -2.31. The number of nitrogens with two attached hydrogens (primary N) is 1. The summed E-state index contributed by atoms with van der Waals surface area (Å²) in [6.07, 6.45) is 1.47. The number of anilines is 1. The summed E-state index contributed by atoms with van der Waals surface area (Å²) in [6.45, 7) is 0.523. The standard InChI is InChI=1S/C11H14N2O/c1-13-10-6-8(7-12)2-3-9(10)4-5-11(13)14/h2-3,6H,4-5,7,12H2,1H3. The lowest BCUT2D eigenvalue weighted by atomic mass is 9.99. The number of hydrogen-bond acceptors (Lipinski definition) is 2. The third-order valence-corrected chi connectivity index (χ3v) is 2.73. The molecule has 1 aliphatic rings. The molecule has 74 valence electrons. The van der Waals surface area contributed by atoms with Crippen LogP contribution in [0, 0.1) is 0 Å². The van der Waals surface area contributed by atoms with E-state index in [0.29, 0.717) is 13.0 Å². The van der Waals surface area contributed by atoms with Crippen LogP contribution in [-0.2, 0) is 17.8 Å². The molecule has 3 heteroatoms. The Morgan fingerprint density at radius 2 is 2.21 bits per heavy atom. The molecule has 0 radical (unpaired) electrons. The van der Waals surface area contributed by atoms with Gasteiger partial charge in [0.2, 0.25) is 5.91 Å². The molecule has 14 heavy (non-hydrogen) atoms. The molecule has 3 nitrogen and oxygen atoms in total. The van der Waals surface area contributed by atoms with Crippen molar-refractivity contribution < 1.29 is 4.79 Å². The zero-order valence-corrected chi connectivity index (χ0v) is 8.29. The summed E-state index contributed by atoms with van der Waals surface area (Å²) in [5.74, 6) is 0.187. The highest BCUT2D eigenvalue weighted by molar-refractivity contribution is 5.95. The SMILES string of the molecule is CN1C(=O)CCc2ccc(CN)cc21. The Hall–Kier alpha value is -1.35. The molecule has 1 heterocycles. The van der Waals surface area contributed by atoms with Gasteiger partial charge in [0.1, 0.15) is 0 Å². The topological polar surface area (TPSA) is 46.3 Å². The average Bonchev–Trinajstić information content (AvgIpc) is 2.23. The van der Waals surface area contributed by atoms with Crippen molar-refractivity contribution in [1.82, 2.24) is 0 Å². The van der Waals surface area contributed by atoms with Gasteiger partial charge >= 0.3 is 0 Å². The Bertz CT molecular complexity index is 374. The Morgan fingerprint density at radius 1 is 1.43 bits per heavy atom. The van der Waals surface area contributed by atoms with Crippen LogP contribution in [0.4, 0.5) is 5.69 Å². The highest BCUT2D eigenvalue weighted by Crippen LogP contribution is 2.27. The van der Waals surface area contributed by atoms with Gasteiger partial charge in [-0.15, -0.1) is 0 Å². The second-order valence-electron chi connectivity index (χ2n) is 3.62. The van der Waals surface area contributed by atoms with Crippen LogP contribution in [0.3, 0.4) is 0 Å². The quantitative estimate of drug-likeness (QED) is 0.719. The van der Waals surface area contributed by atoms with Gasteiger partial charge in [-0.2, -0.15) is 0 Å². The Kier molecular flexibility index (Phi) is 2.25. The fraction of sp³-hybridized carbons (Fsp3) is 0.364. The molecule has 0 aromatic heterocycles. The van der Waals surface area contributed by atoms with Crippen molar-refractivity contribution >= 4 is 11.6 Å². The number of rotatable bonds is 1. The third-order valence-electron chi connectivity index (χ3n) is 2.73. The van der Waals surface area contributed by atoms with Crippen molar-refractivity contribution in [3.8, 4) is 0 Å². The van der Waals surface area contributed by atoms with Crippen molar-refractivity contribution in [1.29, 1.82) is 0 Å². The number of nitrogens with zero attached hydrogens (tertiary/aromatic N) is 1.